The first-order valence-electron chi connectivity index (χ1n) is 6.26. The lowest BCUT2D eigenvalue weighted by molar-refractivity contribution is -0.173. The van der Waals surface area contributed by atoms with Crippen molar-refractivity contribution in [1.82, 2.24) is 13.9 Å². The average Bonchev–Trinajstić information content (AvgIpc) is 2.90. The molecule has 1 aliphatic rings. The van der Waals surface area contributed by atoms with Crippen LogP contribution >= 0.6 is 0 Å². The molecule has 0 spiro atoms. The van der Waals surface area contributed by atoms with Gasteiger partial charge in [-0.25, -0.2) is 9.59 Å². The van der Waals surface area contributed by atoms with Crippen molar-refractivity contribution < 1.29 is 45.7 Å². The van der Waals surface area contributed by atoms with Crippen LogP contribution in [0.5, 0.6) is 0 Å². The van der Waals surface area contributed by atoms with Crippen LogP contribution in [0, 0.1) is 0 Å². The molecule has 144 valence electrons. The van der Waals surface area contributed by atoms with Crippen LogP contribution in [0.1, 0.15) is 12.8 Å². The smallest absolute Gasteiger partial charge is 0.355 e. The van der Waals surface area contributed by atoms with Crippen molar-refractivity contribution in [2.45, 2.75) is 12.8 Å². The molecule has 0 aliphatic carbocycles. The van der Waals surface area contributed by atoms with Crippen molar-refractivity contribution in [3.63, 3.8) is 0 Å². The number of nitrogens with zero attached hydrogens (tertiary/aromatic N) is 3. The second-order valence-corrected chi connectivity index (χ2v) is 7.65. The van der Waals surface area contributed by atoms with Crippen LogP contribution in [0.25, 0.3) is 0 Å². The minimum atomic E-state index is -5.07. The standard InChI is InChI=1S/C10H12N4O10S2/c1-3-25(19,20)13(9(17)23-11)14(26(21,22)4-2)10(18)24-12-7(15)5-6-8(12)16/h3-4H,1-2,5-6,11H2. The van der Waals surface area contributed by atoms with Gasteiger partial charge in [-0.15, -0.1) is 5.06 Å². The number of imide groups is 1. The molecule has 2 N–H and O–H groups in total. The Hall–Kier alpha value is -2.98. The fourth-order valence-corrected chi connectivity index (χ4v) is 3.40. The van der Waals surface area contributed by atoms with Crippen LogP contribution in [0.2, 0.25) is 0 Å². The maximum absolute atomic E-state index is 12.2. The molecule has 0 radical (unpaired) electrons. The molecule has 1 saturated heterocycles. The quantitative estimate of drug-likeness (QED) is 0.415. The van der Waals surface area contributed by atoms with Gasteiger partial charge in [-0.3, -0.25) is 9.59 Å². The van der Waals surface area contributed by atoms with E-state index in [0.29, 0.717) is 0 Å². The average molecular weight is 412 g/mol. The third-order valence-corrected chi connectivity index (χ3v) is 5.19. The molecule has 1 heterocycles. The zero-order valence-corrected chi connectivity index (χ0v) is 14.4. The Kier molecular flexibility index (Phi) is 6.08. The molecule has 4 amide bonds. The molecule has 0 aromatic heterocycles. The number of sulfonamides is 2. The molecule has 0 bridgehead atoms. The number of hydroxylamine groups is 2. The van der Waals surface area contributed by atoms with Gasteiger partial charge in [-0.2, -0.15) is 22.7 Å². The molecule has 1 fully saturated rings. The highest BCUT2D eigenvalue weighted by Gasteiger charge is 2.46. The summed E-state index contributed by atoms with van der Waals surface area (Å²) in [6, 6.07) is 0. The summed E-state index contributed by atoms with van der Waals surface area (Å²) in [7, 11) is -10.1. The molecular formula is C10H12N4O10S2. The van der Waals surface area contributed by atoms with E-state index in [4.69, 9.17) is 0 Å². The molecule has 0 aromatic rings. The van der Waals surface area contributed by atoms with Crippen LogP contribution < -0.4 is 5.90 Å². The van der Waals surface area contributed by atoms with Crippen molar-refractivity contribution in [1.29, 1.82) is 0 Å². The highest BCUT2D eigenvalue weighted by atomic mass is 32.2. The Morgan fingerprint density at radius 3 is 1.69 bits per heavy atom. The maximum Gasteiger partial charge on any atom is 0.469 e. The fourth-order valence-electron chi connectivity index (χ4n) is 1.52. The first kappa shape index (κ1) is 21.1. The SMILES string of the molecule is C=CS(=O)(=O)N(C(=O)ON)N(C(=O)ON1C(=O)CCC1=O)S(=O)(=O)C=C. The van der Waals surface area contributed by atoms with E-state index in [0.717, 1.165) is 0 Å². The predicted molar refractivity (Wildman–Crippen MR) is 80.1 cm³/mol. The van der Waals surface area contributed by atoms with Crippen LogP contribution in [0.4, 0.5) is 9.59 Å². The van der Waals surface area contributed by atoms with Crippen molar-refractivity contribution >= 4 is 44.0 Å². The van der Waals surface area contributed by atoms with Gasteiger partial charge < -0.3 is 9.68 Å². The van der Waals surface area contributed by atoms with E-state index in [1.54, 1.807) is 0 Å². The van der Waals surface area contributed by atoms with Crippen molar-refractivity contribution in [2.75, 3.05) is 0 Å². The number of carbonyl (C=O) groups excluding carboxylic acids is 4. The Bertz CT molecular complexity index is 861. The largest absolute Gasteiger partial charge is 0.469 e. The van der Waals surface area contributed by atoms with Gasteiger partial charge in [0, 0.05) is 23.7 Å². The highest BCUT2D eigenvalue weighted by Crippen LogP contribution is 2.20. The lowest BCUT2D eigenvalue weighted by Crippen LogP contribution is -2.56. The van der Waals surface area contributed by atoms with Crippen molar-refractivity contribution in [3.05, 3.63) is 24.0 Å². The number of hydrogen-bond donors (Lipinski definition) is 1. The third-order valence-electron chi connectivity index (χ3n) is 2.66. The normalized spacial score (nSPS) is 14.6. The first-order chi connectivity index (χ1) is 11.9. The Labute approximate surface area is 147 Å². The number of nitrogens with two attached hydrogens (primary N) is 1. The number of hydrazine groups is 1. The fraction of sp³-hybridized carbons (Fsp3) is 0.200. The highest BCUT2D eigenvalue weighted by molar-refractivity contribution is 7.95. The molecular weight excluding hydrogens is 400 g/mol. The number of rotatable bonds is 5. The van der Waals surface area contributed by atoms with Crippen LogP contribution in [0.15, 0.2) is 24.0 Å². The predicted octanol–water partition coefficient (Wildman–Crippen LogP) is -1.34. The van der Waals surface area contributed by atoms with Gasteiger partial charge in [0.2, 0.25) is 0 Å². The summed E-state index contributed by atoms with van der Waals surface area (Å²) in [6.07, 6.45) is -4.85. The van der Waals surface area contributed by atoms with E-state index >= 15 is 0 Å². The third kappa shape index (κ3) is 3.98. The minimum Gasteiger partial charge on any atom is -0.355 e. The zero-order chi connectivity index (χ0) is 20.3. The summed E-state index contributed by atoms with van der Waals surface area (Å²) in [5.74, 6) is 2.54. The van der Waals surface area contributed by atoms with Crippen LogP contribution in [-0.4, -0.2) is 54.7 Å². The van der Waals surface area contributed by atoms with Crippen LogP contribution in [0.3, 0.4) is 0 Å². The van der Waals surface area contributed by atoms with Gasteiger partial charge in [-0.1, -0.05) is 22.0 Å². The summed E-state index contributed by atoms with van der Waals surface area (Å²) in [6.45, 7) is 5.71. The summed E-state index contributed by atoms with van der Waals surface area (Å²) >= 11 is 0. The minimum absolute atomic E-state index is 0.0806. The molecule has 14 nitrogen and oxygen atoms in total. The molecule has 16 heteroatoms. The Balaban J connectivity index is 3.48. The van der Waals surface area contributed by atoms with E-state index in [2.05, 4.69) is 28.7 Å². The van der Waals surface area contributed by atoms with Crippen molar-refractivity contribution in [3.8, 4) is 0 Å². The Morgan fingerprint density at radius 2 is 1.35 bits per heavy atom. The van der Waals surface area contributed by atoms with Crippen molar-refractivity contribution in [2.24, 2.45) is 5.90 Å². The van der Waals surface area contributed by atoms with Gasteiger partial charge in [-0.05, 0) is 0 Å². The second kappa shape index (κ2) is 7.50. The van der Waals surface area contributed by atoms with E-state index < -0.39 is 52.9 Å². The maximum atomic E-state index is 12.2. The van der Waals surface area contributed by atoms with Crippen LogP contribution in [-0.2, 0) is 39.3 Å². The summed E-state index contributed by atoms with van der Waals surface area (Å²) in [4.78, 5) is 54.7. The second-order valence-electron chi connectivity index (χ2n) is 4.23. The van der Waals surface area contributed by atoms with E-state index in [-0.39, 0.29) is 28.7 Å². The van der Waals surface area contributed by atoms with Gasteiger partial charge in [0.1, 0.15) is 0 Å². The first-order valence-corrected chi connectivity index (χ1v) is 9.27. The van der Waals surface area contributed by atoms with Gasteiger partial charge in [0.15, 0.2) is 0 Å². The molecule has 0 unspecified atom stereocenters. The summed E-state index contributed by atoms with van der Waals surface area (Å²) in [5.41, 5.74) is 0. The number of amides is 4. The number of hydrogen-bond acceptors (Lipinski definition) is 11. The molecule has 0 atom stereocenters. The van der Waals surface area contributed by atoms with E-state index in [1.807, 2.05) is 0 Å². The molecule has 0 saturated carbocycles. The van der Waals surface area contributed by atoms with E-state index in [1.165, 1.54) is 0 Å². The molecule has 1 aliphatic heterocycles. The zero-order valence-electron chi connectivity index (χ0n) is 12.8. The Morgan fingerprint density at radius 1 is 0.962 bits per heavy atom. The lowest BCUT2D eigenvalue weighted by atomic mass is 10.4. The van der Waals surface area contributed by atoms with Gasteiger partial charge >= 0.3 is 12.2 Å². The topological polar surface area (TPSA) is 191 Å². The monoisotopic (exact) mass is 412 g/mol. The number of carbonyl (C=O) groups is 4. The summed E-state index contributed by atoms with van der Waals surface area (Å²) in [5, 5.41) is 0.0900. The molecule has 26 heavy (non-hydrogen) atoms. The molecule has 0 aromatic carbocycles. The van der Waals surface area contributed by atoms with Gasteiger partial charge in [0.05, 0.1) is 0 Å². The summed E-state index contributed by atoms with van der Waals surface area (Å²) < 4.78 is 46.4. The van der Waals surface area contributed by atoms with E-state index in [9.17, 15) is 36.0 Å². The molecule has 1 rings (SSSR count). The lowest BCUT2D eigenvalue weighted by Gasteiger charge is -2.28. The van der Waals surface area contributed by atoms with Gasteiger partial charge in [0.25, 0.3) is 31.9 Å².